The summed E-state index contributed by atoms with van der Waals surface area (Å²) in [6, 6.07) is 0. The molecule has 6 nitrogen and oxygen atoms in total. The number of aromatic nitrogens is 2. The van der Waals surface area contributed by atoms with E-state index in [2.05, 4.69) is 14.6 Å². The first-order valence-corrected chi connectivity index (χ1v) is 9.17. The highest BCUT2D eigenvalue weighted by molar-refractivity contribution is 7.88. The van der Waals surface area contributed by atoms with Crippen molar-refractivity contribution < 1.29 is 8.42 Å². The summed E-state index contributed by atoms with van der Waals surface area (Å²) in [5.41, 5.74) is 2.54. The zero-order chi connectivity index (χ0) is 14.2. The van der Waals surface area contributed by atoms with Crippen LogP contribution >= 0.6 is 0 Å². The third-order valence-corrected chi connectivity index (χ3v) is 4.61. The smallest absolute Gasteiger partial charge is 0.208 e. The molecule has 112 valence electrons. The topological polar surface area (TPSA) is 76.0 Å². The van der Waals surface area contributed by atoms with Crippen molar-refractivity contribution in [3.8, 4) is 0 Å². The lowest BCUT2D eigenvalue weighted by atomic mass is 10.2. The maximum absolute atomic E-state index is 11.1. The molecular formula is C13H22N4O2S. The Labute approximate surface area is 120 Å². The third-order valence-electron chi connectivity index (χ3n) is 3.88. The second kappa shape index (κ2) is 5.46. The molecule has 2 N–H and O–H groups in total. The van der Waals surface area contributed by atoms with Crippen molar-refractivity contribution in [2.75, 3.05) is 19.3 Å². The fraction of sp³-hybridized carbons (Fsp3) is 0.769. The number of hydrogen-bond donors (Lipinski definition) is 2. The van der Waals surface area contributed by atoms with Gasteiger partial charge in [-0.3, -0.25) is 0 Å². The van der Waals surface area contributed by atoms with Crippen LogP contribution in [0.2, 0.25) is 0 Å². The Hall–Kier alpha value is -0.920. The van der Waals surface area contributed by atoms with Gasteiger partial charge in [-0.15, -0.1) is 0 Å². The van der Waals surface area contributed by atoms with Crippen molar-refractivity contribution in [2.45, 2.75) is 44.7 Å². The Morgan fingerprint density at radius 2 is 2.25 bits per heavy atom. The van der Waals surface area contributed by atoms with Gasteiger partial charge in [-0.1, -0.05) is 0 Å². The maximum Gasteiger partial charge on any atom is 0.208 e. The van der Waals surface area contributed by atoms with Crippen molar-refractivity contribution in [3.05, 3.63) is 17.2 Å². The highest BCUT2D eigenvalue weighted by atomic mass is 32.2. The average molecular weight is 298 g/mol. The van der Waals surface area contributed by atoms with Gasteiger partial charge in [-0.2, -0.15) is 0 Å². The summed E-state index contributed by atoms with van der Waals surface area (Å²) in [4.78, 5) is 4.80. The minimum atomic E-state index is -3.08. The molecule has 0 saturated heterocycles. The molecule has 20 heavy (non-hydrogen) atoms. The van der Waals surface area contributed by atoms with Crippen LogP contribution in [0.25, 0.3) is 0 Å². The van der Waals surface area contributed by atoms with Gasteiger partial charge < -0.3 is 9.88 Å². The number of nitrogens with one attached hydrogen (secondary N) is 2. The van der Waals surface area contributed by atoms with Crippen molar-refractivity contribution >= 4 is 10.0 Å². The van der Waals surface area contributed by atoms with Gasteiger partial charge in [0.2, 0.25) is 10.0 Å². The fourth-order valence-electron chi connectivity index (χ4n) is 2.79. The highest BCUT2D eigenvalue weighted by Gasteiger charge is 2.31. The van der Waals surface area contributed by atoms with E-state index in [0.717, 1.165) is 32.5 Å². The third kappa shape index (κ3) is 3.21. The zero-order valence-electron chi connectivity index (χ0n) is 11.9. The molecule has 1 aromatic heterocycles. The summed E-state index contributed by atoms with van der Waals surface area (Å²) in [5, 5.41) is 3.36. The van der Waals surface area contributed by atoms with Crippen LogP contribution in [-0.2, 0) is 29.5 Å². The Bertz CT molecular complexity index is 590. The summed E-state index contributed by atoms with van der Waals surface area (Å²) in [7, 11) is -3.08. The molecule has 0 aromatic carbocycles. The Balaban J connectivity index is 1.69. The lowest BCUT2D eigenvalue weighted by molar-refractivity contribution is 0.548. The van der Waals surface area contributed by atoms with Gasteiger partial charge in [0.05, 0.1) is 11.9 Å². The van der Waals surface area contributed by atoms with E-state index >= 15 is 0 Å². The van der Waals surface area contributed by atoms with Gasteiger partial charge in [0.15, 0.2) is 0 Å². The first kappa shape index (κ1) is 14.0. The van der Waals surface area contributed by atoms with E-state index in [4.69, 9.17) is 4.98 Å². The number of fused-ring (bicyclic) bond motifs is 1. The van der Waals surface area contributed by atoms with Gasteiger partial charge in [0.1, 0.15) is 5.82 Å². The van der Waals surface area contributed by atoms with Gasteiger partial charge >= 0.3 is 0 Å². The summed E-state index contributed by atoms with van der Waals surface area (Å²) in [5.74, 6) is 1.85. The fourth-order valence-corrected chi connectivity index (χ4v) is 3.30. The molecule has 0 spiro atoms. The van der Waals surface area contributed by atoms with Crippen molar-refractivity contribution in [2.24, 2.45) is 0 Å². The minimum Gasteiger partial charge on any atom is -0.331 e. The van der Waals surface area contributed by atoms with Crippen LogP contribution in [-0.4, -0.2) is 37.3 Å². The largest absolute Gasteiger partial charge is 0.331 e. The van der Waals surface area contributed by atoms with Crippen LogP contribution in [0.5, 0.6) is 0 Å². The summed E-state index contributed by atoms with van der Waals surface area (Å²) in [6.07, 6.45) is 5.51. The summed E-state index contributed by atoms with van der Waals surface area (Å²) in [6.45, 7) is 3.22. The molecule has 0 atom stereocenters. The van der Waals surface area contributed by atoms with E-state index < -0.39 is 10.0 Å². The maximum atomic E-state index is 11.1. The molecule has 3 rings (SSSR count). The molecule has 2 heterocycles. The zero-order valence-corrected chi connectivity index (χ0v) is 12.7. The molecule has 1 fully saturated rings. The van der Waals surface area contributed by atoms with Crippen molar-refractivity contribution in [1.29, 1.82) is 0 Å². The number of imidazole rings is 1. The number of rotatable bonds is 6. The first-order chi connectivity index (χ1) is 9.54. The van der Waals surface area contributed by atoms with Gasteiger partial charge in [0.25, 0.3) is 0 Å². The Morgan fingerprint density at radius 3 is 2.95 bits per heavy atom. The lowest BCUT2D eigenvalue weighted by Crippen LogP contribution is -2.26. The standard InChI is InChI=1S/C13H22N4O2S/c1-20(18,19)15-6-2-8-17-12-5-7-14-9-11(12)16-13(17)10-3-4-10/h10,14-15H,2-9H2,1H3. The van der Waals surface area contributed by atoms with E-state index in [1.54, 1.807) is 0 Å². The molecule has 0 amide bonds. The van der Waals surface area contributed by atoms with Crippen LogP contribution in [0.15, 0.2) is 0 Å². The molecule has 2 aliphatic rings. The Kier molecular flexibility index (Phi) is 3.83. The summed E-state index contributed by atoms with van der Waals surface area (Å²) >= 11 is 0. The molecule has 1 aromatic rings. The molecule has 0 radical (unpaired) electrons. The predicted molar refractivity (Wildman–Crippen MR) is 77.1 cm³/mol. The van der Waals surface area contributed by atoms with Gasteiger partial charge in [0, 0.05) is 44.2 Å². The number of sulfonamides is 1. The van der Waals surface area contributed by atoms with Crippen LogP contribution in [0.3, 0.4) is 0 Å². The second-order valence-corrected chi connectivity index (χ2v) is 7.57. The molecule has 1 aliphatic carbocycles. The first-order valence-electron chi connectivity index (χ1n) is 7.28. The van der Waals surface area contributed by atoms with Crippen LogP contribution < -0.4 is 10.0 Å². The molecule has 1 saturated carbocycles. The Morgan fingerprint density at radius 1 is 1.45 bits per heavy atom. The molecule has 7 heteroatoms. The predicted octanol–water partition coefficient (Wildman–Crippen LogP) is 0.346. The lowest BCUT2D eigenvalue weighted by Gasteiger charge is -2.16. The van der Waals surface area contributed by atoms with Crippen molar-refractivity contribution in [1.82, 2.24) is 19.6 Å². The average Bonchev–Trinajstić information content (AvgIpc) is 3.16. The quantitative estimate of drug-likeness (QED) is 0.743. The van der Waals surface area contributed by atoms with E-state index in [1.165, 1.54) is 36.3 Å². The van der Waals surface area contributed by atoms with E-state index in [1.807, 2.05) is 0 Å². The van der Waals surface area contributed by atoms with Crippen LogP contribution in [0, 0.1) is 0 Å². The van der Waals surface area contributed by atoms with Gasteiger partial charge in [-0.25, -0.2) is 18.1 Å². The SMILES string of the molecule is CS(=O)(=O)NCCCn1c(C2CC2)nc2c1CCNC2. The minimum absolute atomic E-state index is 0.494. The highest BCUT2D eigenvalue weighted by Crippen LogP contribution is 2.40. The normalized spacial score (nSPS) is 19.1. The second-order valence-electron chi connectivity index (χ2n) is 5.74. The van der Waals surface area contributed by atoms with E-state index in [9.17, 15) is 8.42 Å². The monoisotopic (exact) mass is 298 g/mol. The summed E-state index contributed by atoms with van der Waals surface area (Å²) < 4.78 is 27.0. The van der Waals surface area contributed by atoms with E-state index in [-0.39, 0.29) is 0 Å². The van der Waals surface area contributed by atoms with Crippen LogP contribution in [0.1, 0.15) is 42.4 Å². The van der Waals surface area contributed by atoms with Crippen molar-refractivity contribution in [3.63, 3.8) is 0 Å². The molecule has 1 aliphatic heterocycles. The van der Waals surface area contributed by atoms with E-state index in [0.29, 0.717) is 12.5 Å². The van der Waals surface area contributed by atoms with Gasteiger partial charge in [-0.05, 0) is 19.3 Å². The molecule has 0 bridgehead atoms. The number of nitrogens with zero attached hydrogens (tertiary/aromatic N) is 2. The number of hydrogen-bond acceptors (Lipinski definition) is 4. The van der Waals surface area contributed by atoms with Crippen LogP contribution in [0.4, 0.5) is 0 Å². The molecular weight excluding hydrogens is 276 g/mol. The molecule has 0 unspecified atom stereocenters.